The number of aromatic nitrogens is 1. The summed E-state index contributed by atoms with van der Waals surface area (Å²) in [5.41, 5.74) is 1.26. The number of benzene rings is 1. The molecule has 3 rings (SSSR count). The summed E-state index contributed by atoms with van der Waals surface area (Å²) < 4.78 is 5.04. The predicted molar refractivity (Wildman–Crippen MR) is 92.5 cm³/mol. The zero-order valence-corrected chi connectivity index (χ0v) is 14.0. The summed E-state index contributed by atoms with van der Waals surface area (Å²) in [4.78, 5) is 16.5. The molecule has 0 fully saturated rings. The maximum absolute atomic E-state index is 12.1. The lowest BCUT2D eigenvalue weighted by Gasteiger charge is -2.24. The van der Waals surface area contributed by atoms with Crippen molar-refractivity contribution < 1.29 is 14.3 Å². The molecule has 2 aromatic heterocycles. The highest BCUT2D eigenvalue weighted by Crippen LogP contribution is 2.24. The van der Waals surface area contributed by atoms with Crippen LogP contribution >= 0.6 is 11.3 Å². The Hall–Kier alpha value is -2.44. The Balaban J connectivity index is 1.56. The first-order valence-corrected chi connectivity index (χ1v) is 8.44. The van der Waals surface area contributed by atoms with Crippen LogP contribution in [0.2, 0.25) is 0 Å². The zero-order valence-electron chi connectivity index (χ0n) is 13.2. The Morgan fingerprint density at radius 1 is 1.33 bits per heavy atom. The molecule has 0 radical (unpaired) electrons. The molecule has 124 valence electrons. The minimum atomic E-state index is -1.11. The van der Waals surface area contributed by atoms with Crippen molar-refractivity contribution >= 4 is 17.2 Å². The van der Waals surface area contributed by atoms with Crippen LogP contribution in [0.3, 0.4) is 0 Å². The normalized spacial score (nSPS) is 13.4. The van der Waals surface area contributed by atoms with Crippen LogP contribution < -0.4 is 5.32 Å². The van der Waals surface area contributed by atoms with E-state index in [-0.39, 0.29) is 18.9 Å². The number of carbonyl (C=O) groups excluding carboxylic acids is 1. The molecule has 2 heterocycles. The number of nitrogens with zero attached hydrogens (tertiary/aromatic N) is 1. The average Bonchev–Trinajstić information content (AvgIpc) is 3.25. The molecule has 6 heteroatoms. The van der Waals surface area contributed by atoms with Crippen molar-refractivity contribution in [3.63, 3.8) is 0 Å². The van der Waals surface area contributed by atoms with Crippen molar-refractivity contribution in [2.75, 3.05) is 6.54 Å². The molecule has 1 aromatic carbocycles. The molecule has 24 heavy (non-hydrogen) atoms. The zero-order chi connectivity index (χ0) is 17.0. The first kappa shape index (κ1) is 16.4. The minimum absolute atomic E-state index is 0.147. The van der Waals surface area contributed by atoms with Crippen LogP contribution in [-0.2, 0) is 16.8 Å². The van der Waals surface area contributed by atoms with Gasteiger partial charge >= 0.3 is 0 Å². The van der Waals surface area contributed by atoms with E-state index >= 15 is 0 Å². The van der Waals surface area contributed by atoms with Crippen LogP contribution in [0.4, 0.5) is 0 Å². The van der Waals surface area contributed by atoms with Gasteiger partial charge in [0.05, 0.1) is 24.9 Å². The van der Waals surface area contributed by atoms with Gasteiger partial charge in [0.15, 0.2) is 0 Å². The summed E-state index contributed by atoms with van der Waals surface area (Å²) in [7, 11) is 0. The highest BCUT2D eigenvalue weighted by atomic mass is 32.1. The third kappa shape index (κ3) is 3.90. The van der Waals surface area contributed by atoms with Gasteiger partial charge in [0.2, 0.25) is 5.91 Å². The van der Waals surface area contributed by atoms with E-state index in [1.807, 2.05) is 41.8 Å². The van der Waals surface area contributed by atoms with E-state index in [4.69, 9.17) is 4.42 Å². The van der Waals surface area contributed by atoms with Crippen LogP contribution in [0.1, 0.15) is 18.2 Å². The van der Waals surface area contributed by atoms with E-state index in [0.717, 1.165) is 16.1 Å². The van der Waals surface area contributed by atoms with Gasteiger partial charge in [-0.1, -0.05) is 30.3 Å². The number of rotatable bonds is 6. The standard InChI is InChI=1S/C18H18N2O3S/c1-18(22,14-5-3-2-4-6-14)12-19-16(21)9-15-11-24-17(20-15)13-7-8-23-10-13/h2-8,10-11,22H,9,12H2,1H3,(H,19,21). The van der Waals surface area contributed by atoms with Gasteiger partial charge in [-0.15, -0.1) is 11.3 Å². The van der Waals surface area contributed by atoms with E-state index in [0.29, 0.717) is 5.69 Å². The predicted octanol–water partition coefficient (Wildman–Crippen LogP) is 2.97. The second kappa shape index (κ2) is 6.98. The summed E-state index contributed by atoms with van der Waals surface area (Å²) in [5.74, 6) is -0.171. The lowest BCUT2D eigenvalue weighted by atomic mass is 9.96. The highest BCUT2D eigenvalue weighted by Gasteiger charge is 2.23. The average molecular weight is 342 g/mol. The number of furan rings is 1. The van der Waals surface area contributed by atoms with Gasteiger partial charge in [0.1, 0.15) is 16.9 Å². The fourth-order valence-corrected chi connectivity index (χ4v) is 3.11. The second-order valence-corrected chi connectivity index (χ2v) is 6.61. The topological polar surface area (TPSA) is 75.4 Å². The molecule has 0 saturated heterocycles. The maximum atomic E-state index is 12.1. The largest absolute Gasteiger partial charge is 0.472 e. The molecule has 2 N–H and O–H groups in total. The van der Waals surface area contributed by atoms with Gasteiger partial charge in [-0.2, -0.15) is 0 Å². The Bertz CT molecular complexity index is 795. The molecule has 0 aliphatic heterocycles. The molecule has 0 aliphatic rings. The SMILES string of the molecule is CC(O)(CNC(=O)Cc1csc(-c2ccoc2)n1)c1ccccc1. The number of amides is 1. The molecule has 0 saturated carbocycles. The Morgan fingerprint density at radius 3 is 2.83 bits per heavy atom. The van der Waals surface area contributed by atoms with Crippen molar-refractivity contribution in [1.82, 2.24) is 10.3 Å². The van der Waals surface area contributed by atoms with E-state index < -0.39 is 5.60 Å². The van der Waals surface area contributed by atoms with Gasteiger partial charge in [0, 0.05) is 10.9 Å². The van der Waals surface area contributed by atoms with Crippen molar-refractivity contribution in [2.45, 2.75) is 18.9 Å². The van der Waals surface area contributed by atoms with E-state index in [2.05, 4.69) is 10.3 Å². The lowest BCUT2D eigenvalue weighted by Crippen LogP contribution is -2.39. The van der Waals surface area contributed by atoms with Crippen LogP contribution in [-0.4, -0.2) is 22.5 Å². The number of aliphatic hydroxyl groups is 1. The number of hydrogen-bond acceptors (Lipinski definition) is 5. The van der Waals surface area contributed by atoms with Crippen LogP contribution in [0, 0.1) is 0 Å². The molecular formula is C18H18N2O3S. The molecule has 5 nitrogen and oxygen atoms in total. The molecule has 0 bridgehead atoms. The maximum Gasteiger partial charge on any atom is 0.226 e. The van der Waals surface area contributed by atoms with Crippen LogP contribution in [0.25, 0.3) is 10.6 Å². The Morgan fingerprint density at radius 2 is 2.12 bits per heavy atom. The van der Waals surface area contributed by atoms with Crippen molar-refractivity contribution in [2.24, 2.45) is 0 Å². The Labute approximate surface area is 144 Å². The summed E-state index contributed by atoms with van der Waals surface area (Å²) in [5, 5.41) is 15.9. The van der Waals surface area contributed by atoms with Gasteiger partial charge in [-0.25, -0.2) is 4.98 Å². The van der Waals surface area contributed by atoms with E-state index in [1.165, 1.54) is 11.3 Å². The highest BCUT2D eigenvalue weighted by molar-refractivity contribution is 7.13. The van der Waals surface area contributed by atoms with Gasteiger partial charge < -0.3 is 14.8 Å². The van der Waals surface area contributed by atoms with E-state index in [1.54, 1.807) is 19.5 Å². The fourth-order valence-electron chi connectivity index (χ4n) is 2.30. The minimum Gasteiger partial charge on any atom is -0.472 e. The second-order valence-electron chi connectivity index (χ2n) is 5.75. The Kier molecular flexibility index (Phi) is 4.78. The molecule has 1 atom stereocenters. The van der Waals surface area contributed by atoms with Gasteiger partial charge in [-0.05, 0) is 18.6 Å². The third-order valence-corrected chi connectivity index (χ3v) is 4.63. The molecule has 1 unspecified atom stereocenters. The summed E-state index contributed by atoms with van der Waals surface area (Å²) >= 11 is 1.47. The molecule has 3 aromatic rings. The summed E-state index contributed by atoms with van der Waals surface area (Å²) in [6.45, 7) is 1.83. The fraction of sp³-hybridized carbons (Fsp3) is 0.222. The molecule has 0 aliphatic carbocycles. The van der Waals surface area contributed by atoms with Crippen molar-refractivity contribution in [1.29, 1.82) is 0 Å². The van der Waals surface area contributed by atoms with Gasteiger partial charge in [-0.3, -0.25) is 4.79 Å². The number of hydrogen-bond donors (Lipinski definition) is 2. The van der Waals surface area contributed by atoms with Crippen LogP contribution in [0.15, 0.2) is 58.7 Å². The molecular weight excluding hydrogens is 324 g/mol. The summed E-state index contributed by atoms with van der Waals surface area (Å²) in [6, 6.07) is 11.1. The monoisotopic (exact) mass is 342 g/mol. The first-order valence-electron chi connectivity index (χ1n) is 7.56. The smallest absolute Gasteiger partial charge is 0.226 e. The third-order valence-electron chi connectivity index (χ3n) is 3.69. The lowest BCUT2D eigenvalue weighted by molar-refractivity contribution is -0.121. The number of nitrogens with one attached hydrogen (secondary N) is 1. The number of thiazole rings is 1. The van der Waals surface area contributed by atoms with E-state index in [9.17, 15) is 9.90 Å². The summed E-state index contributed by atoms with van der Waals surface area (Å²) in [6.07, 6.45) is 3.40. The first-order chi connectivity index (χ1) is 11.5. The molecule has 0 spiro atoms. The molecule has 1 amide bonds. The van der Waals surface area contributed by atoms with Gasteiger partial charge in [0.25, 0.3) is 0 Å². The quantitative estimate of drug-likeness (QED) is 0.722. The van der Waals surface area contributed by atoms with Crippen molar-refractivity contribution in [3.8, 4) is 10.6 Å². The number of carbonyl (C=O) groups is 1. The van der Waals surface area contributed by atoms with Crippen LogP contribution in [0.5, 0.6) is 0 Å². The van der Waals surface area contributed by atoms with Crippen molar-refractivity contribution in [3.05, 3.63) is 65.6 Å².